The Morgan fingerprint density at radius 1 is 1.26 bits per heavy atom. The first kappa shape index (κ1) is 16.1. The molecule has 2 aliphatic carbocycles. The van der Waals surface area contributed by atoms with Gasteiger partial charge in [-0.1, -0.05) is 6.42 Å². The van der Waals surface area contributed by atoms with Crippen molar-refractivity contribution >= 4 is 18.0 Å². The maximum atomic E-state index is 12.4. The summed E-state index contributed by atoms with van der Waals surface area (Å²) in [4.78, 5) is 37.3. The number of carbonyl (C=O) groups is 3. The Hall–Kier alpha value is -1.79. The van der Waals surface area contributed by atoms with Crippen LogP contribution < -0.4 is 5.32 Å². The van der Waals surface area contributed by atoms with Crippen molar-refractivity contribution in [3.05, 3.63) is 0 Å². The van der Waals surface area contributed by atoms with Crippen molar-refractivity contribution in [3.8, 4) is 0 Å². The lowest BCUT2D eigenvalue weighted by Gasteiger charge is -2.24. The molecule has 7 heteroatoms. The highest BCUT2D eigenvalue weighted by molar-refractivity contribution is 5.81. The van der Waals surface area contributed by atoms with Gasteiger partial charge >= 0.3 is 18.0 Å². The van der Waals surface area contributed by atoms with Gasteiger partial charge in [-0.3, -0.25) is 9.59 Å². The van der Waals surface area contributed by atoms with Crippen LogP contribution >= 0.6 is 0 Å². The van der Waals surface area contributed by atoms with Gasteiger partial charge in [-0.05, 0) is 38.0 Å². The molecule has 7 nitrogen and oxygen atoms in total. The third-order valence-electron chi connectivity index (χ3n) is 5.88. The molecule has 3 aliphatic rings. The summed E-state index contributed by atoms with van der Waals surface area (Å²) in [5, 5.41) is 12.5. The first-order valence-electron chi connectivity index (χ1n) is 8.33. The van der Waals surface area contributed by atoms with Crippen LogP contribution in [0.2, 0.25) is 0 Å². The Balaban J connectivity index is 1.56. The van der Waals surface area contributed by atoms with Crippen LogP contribution in [0, 0.1) is 17.3 Å². The summed E-state index contributed by atoms with van der Waals surface area (Å²) in [5.41, 5.74) is -0.748. The number of nitrogens with zero attached hydrogens (tertiary/aromatic N) is 1. The lowest BCUT2D eigenvalue weighted by atomic mass is 9.81. The van der Waals surface area contributed by atoms with E-state index in [-0.39, 0.29) is 29.9 Å². The molecular weight excluding hydrogens is 300 g/mol. The summed E-state index contributed by atoms with van der Waals surface area (Å²) in [6.07, 6.45) is 4.54. The molecule has 1 heterocycles. The number of esters is 1. The van der Waals surface area contributed by atoms with Crippen molar-refractivity contribution in [2.75, 3.05) is 20.2 Å². The molecule has 2 N–H and O–H groups in total. The third-order valence-corrected chi connectivity index (χ3v) is 5.88. The molecule has 0 bridgehead atoms. The van der Waals surface area contributed by atoms with E-state index >= 15 is 0 Å². The van der Waals surface area contributed by atoms with Crippen molar-refractivity contribution in [2.24, 2.45) is 17.3 Å². The van der Waals surface area contributed by atoms with Crippen LogP contribution in [0.3, 0.4) is 0 Å². The number of methoxy groups -OCH3 is 1. The minimum atomic E-state index is -0.776. The lowest BCUT2D eigenvalue weighted by molar-refractivity contribution is -0.149. The van der Waals surface area contributed by atoms with E-state index in [2.05, 4.69) is 5.32 Å². The molecule has 2 amide bonds. The first-order valence-corrected chi connectivity index (χ1v) is 8.33. The summed E-state index contributed by atoms with van der Waals surface area (Å²) < 4.78 is 4.75. The monoisotopic (exact) mass is 324 g/mol. The SMILES string of the molecule is COC(=O)[C@H]1CC[C@@H](NC(=O)N2C[C@@H]3CCC[C@@]3(C(=O)O)C2)C1. The number of carboxylic acid groups (broad SMARTS) is 1. The average Bonchev–Trinajstić information content (AvgIpc) is 3.19. The van der Waals surface area contributed by atoms with Gasteiger partial charge in [0.1, 0.15) is 0 Å². The second kappa shape index (κ2) is 6.02. The maximum Gasteiger partial charge on any atom is 0.317 e. The van der Waals surface area contributed by atoms with Gasteiger partial charge in [0.25, 0.3) is 0 Å². The zero-order chi connectivity index (χ0) is 16.6. The number of hydrogen-bond donors (Lipinski definition) is 2. The molecule has 0 aromatic rings. The molecule has 2 saturated carbocycles. The van der Waals surface area contributed by atoms with Crippen molar-refractivity contribution in [3.63, 3.8) is 0 Å². The third kappa shape index (κ3) is 2.77. The molecule has 3 fully saturated rings. The molecule has 1 aliphatic heterocycles. The Morgan fingerprint density at radius 3 is 2.70 bits per heavy atom. The van der Waals surface area contributed by atoms with Gasteiger partial charge in [0.2, 0.25) is 0 Å². The van der Waals surface area contributed by atoms with Gasteiger partial charge < -0.3 is 20.1 Å². The number of likely N-dealkylation sites (tertiary alicyclic amines) is 1. The fourth-order valence-electron chi connectivity index (χ4n) is 4.55. The number of amides is 2. The number of nitrogens with one attached hydrogen (secondary N) is 1. The van der Waals surface area contributed by atoms with Crippen LogP contribution in [-0.2, 0) is 14.3 Å². The molecule has 0 spiro atoms. The van der Waals surface area contributed by atoms with Crippen LogP contribution in [0.1, 0.15) is 38.5 Å². The summed E-state index contributed by atoms with van der Waals surface area (Å²) in [7, 11) is 1.38. The molecule has 3 rings (SSSR count). The van der Waals surface area contributed by atoms with E-state index in [1.807, 2.05) is 0 Å². The number of fused-ring (bicyclic) bond motifs is 1. The second-order valence-electron chi connectivity index (χ2n) is 7.11. The van der Waals surface area contributed by atoms with Gasteiger partial charge in [-0.2, -0.15) is 0 Å². The molecule has 128 valence electrons. The molecule has 0 radical (unpaired) electrons. The quantitative estimate of drug-likeness (QED) is 0.761. The molecule has 4 atom stereocenters. The fraction of sp³-hybridized carbons (Fsp3) is 0.812. The Bertz CT molecular complexity index is 523. The number of hydrogen-bond acceptors (Lipinski definition) is 4. The van der Waals surface area contributed by atoms with E-state index in [4.69, 9.17) is 4.74 Å². The molecule has 0 unspecified atom stereocenters. The van der Waals surface area contributed by atoms with Crippen molar-refractivity contribution < 1.29 is 24.2 Å². The number of ether oxygens (including phenoxy) is 1. The van der Waals surface area contributed by atoms with E-state index in [0.29, 0.717) is 25.9 Å². The molecule has 0 aromatic carbocycles. The Kier molecular flexibility index (Phi) is 4.21. The number of rotatable bonds is 3. The summed E-state index contributed by atoms with van der Waals surface area (Å²) in [5.74, 6) is -1.07. The smallest absolute Gasteiger partial charge is 0.317 e. The zero-order valence-corrected chi connectivity index (χ0v) is 13.4. The summed E-state index contributed by atoms with van der Waals surface area (Å²) >= 11 is 0. The highest BCUT2D eigenvalue weighted by Crippen LogP contribution is 2.48. The maximum absolute atomic E-state index is 12.4. The lowest BCUT2D eigenvalue weighted by Crippen LogP contribution is -2.45. The Labute approximate surface area is 135 Å². The molecule has 1 saturated heterocycles. The van der Waals surface area contributed by atoms with E-state index in [1.54, 1.807) is 4.90 Å². The standard InChI is InChI=1S/C16H24N2O5/c1-23-13(19)10-4-5-12(7-10)17-15(22)18-8-11-3-2-6-16(11,9-18)14(20)21/h10-12H,2-9H2,1H3,(H,17,22)(H,20,21)/t10-,11-,12+,16+/m0/s1. The van der Waals surface area contributed by atoms with E-state index < -0.39 is 11.4 Å². The molecule has 0 aromatic heterocycles. The number of aliphatic carboxylic acids is 1. The van der Waals surface area contributed by atoms with Gasteiger partial charge in [-0.25, -0.2) is 4.79 Å². The van der Waals surface area contributed by atoms with E-state index in [0.717, 1.165) is 25.7 Å². The minimum absolute atomic E-state index is 0.0344. The normalized spacial score (nSPS) is 35.9. The van der Waals surface area contributed by atoms with Crippen molar-refractivity contribution in [1.29, 1.82) is 0 Å². The van der Waals surface area contributed by atoms with Crippen LogP contribution in [-0.4, -0.2) is 54.2 Å². The number of urea groups is 1. The largest absolute Gasteiger partial charge is 0.481 e. The van der Waals surface area contributed by atoms with Gasteiger partial charge in [0, 0.05) is 19.1 Å². The summed E-state index contributed by atoms with van der Waals surface area (Å²) in [6.45, 7) is 0.817. The van der Waals surface area contributed by atoms with Gasteiger partial charge in [0.05, 0.1) is 18.4 Å². The van der Waals surface area contributed by atoms with Crippen LogP contribution in [0.25, 0.3) is 0 Å². The predicted octanol–water partition coefficient (Wildman–Crippen LogP) is 1.22. The molecule has 23 heavy (non-hydrogen) atoms. The zero-order valence-electron chi connectivity index (χ0n) is 13.4. The van der Waals surface area contributed by atoms with Gasteiger partial charge in [0.15, 0.2) is 0 Å². The number of carboxylic acids is 1. The van der Waals surface area contributed by atoms with E-state index in [9.17, 15) is 19.5 Å². The van der Waals surface area contributed by atoms with E-state index in [1.165, 1.54) is 7.11 Å². The summed E-state index contributed by atoms with van der Waals surface area (Å²) in [6, 6.07) is -0.233. The second-order valence-corrected chi connectivity index (χ2v) is 7.11. The van der Waals surface area contributed by atoms with Gasteiger partial charge in [-0.15, -0.1) is 0 Å². The minimum Gasteiger partial charge on any atom is -0.481 e. The van der Waals surface area contributed by atoms with Crippen LogP contribution in [0.5, 0.6) is 0 Å². The first-order chi connectivity index (χ1) is 11.0. The highest BCUT2D eigenvalue weighted by atomic mass is 16.5. The molecular formula is C16H24N2O5. The van der Waals surface area contributed by atoms with Crippen LogP contribution in [0.4, 0.5) is 4.79 Å². The average molecular weight is 324 g/mol. The van der Waals surface area contributed by atoms with Crippen molar-refractivity contribution in [2.45, 2.75) is 44.6 Å². The Morgan fingerprint density at radius 2 is 2.04 bits per heavy atom. The predicted molar refractivity (Wildman–Crippen MR) is 80.7 cm³/mol. The fourth-order valence-corrected chi connectivity index (χ4v) is 4.55. The number of carbonyl (C=O) groups excluding carboxylic acids is 2. The van der Waals surface area contributed by atoms with Crippen molar-refractivity contribution in [1.82, 2.24) is 10.2 Å². The highest BCUT2D eigenvalue weighted by Gasteiger charge is 2.56. The topological polar surface area (TPSA) is 95.9 Å². The van der Waals surface area contributed by atoms with Crippen LogP contribution in [0.15, 0.2) is 0 Å².